The van der Waals surface area contributed by atoms with Gasteiger partial charge in [0.2, 0.25) is 0 Å². The van der Waals surface area contributed by atoms with Crippen LogP contribution in [-0.2, 0) is 15.5 Å². The first-order valence-electron chi connectivity index (χ1n) is 6.42. The molecule has 96 valence electrons. The summed E-state index contributed by atoms with van der Waals surface area (Å²) in [6, 6.07) is 0.546. The van der Waals surface area contributed by atoms with E-state index in [1.165, 1.54) is 0 Å². The molecule has 0 aliphatic carbocycles. The molecule has 0 aromatic rings. The number of rotatable bonds is 8. The Morgan fingerprint density at radius 1 is 1.56 bits per heavy atom. The van der Waals surface area contributed by atoms with Crippen molar-refractivity contribution in [2.24, 2.45) is 0 Å². The first-order valence-corrected chi connectivity index (χ1v) is 7.91. The first-order chi connectivity index (χ1) is 7.72. The zero-order valence-electron chi connectivity index (χ0n) is 10.5. The average molecular weight is 247 g/mol. The average Bonchev–Trinajstić information content (AvgIpc) is 2.70. The van der Waals surface area contributed by atoms with Crippen LogP contribution in [0.25, 0.3) is 0 Å². The van der Waals surface area contributed by atoms with E-state index in [0.717, 1.165) is 50.3 Å². The highest BCUT2D eigenvalue weighted by Gasteiger charge is 2.18. The van der Waals surface area contributed by atoms with Crippen molar-refractivity contribution in [2.45, 2.75) is 51.7 Å². The predicted octanol–water partition coefficient (Wildman–Crippen LogP) is 1.69. The van der Waals surface area contributed by atoms with Gasteiger partial charge in [-0.2, -0.15) is 0 Å². The first kappa shape index (κ1) is 14.1. The second-order valence-corrected chi connectivity index (χ2v) is 6.17. The summed E-state index contributed by atoms with van der Waals surface area (Å²) in [6.45, 7) is 6.18. The summed E-state index contributed by atoms with van der Waals surface area (Å²) in [4.78, 5) is 0. The van der Waals surface area contributed by atoms with Gasteiger partial charge in [-0.1, -0.05) is 6.92 Å². The Hall–Kier alpha value is 0.0700. The molecule has 0 aromatic carbocycles. The molecule has 0 bridgehead atoms. The van der Waals surface area contributed by atoms with Crippen LogP contribution in [-0.4, -0.2) is 41.0 Å². The Morgan fingerprint density at radius 3 is 3.00 bits per heavy atom. The highest BCUT2D eigenvalue weighted by atomic mass is 32.2. The third-order valence-corrected chi connectivity index (χ3v) is 4.45. The van der Waals surface area contributed by atoms with Crippen molar-refractivity contribution in [1.82, 2.24) is 5.32 Å². The second kappa shape index (κ2) is 8.20. The van der Waals surface area contributed by atoms with Gasteiger partial charge in [-0.05, 0) is 39.2 Å². The summed E-state index contributed by atoms with van der Waals surface area (Å²) in [5, 5.41) is 3.37. The van der Waals surface area contributed by atoms with E-state index in [4.69, 9.17) is 4.74 Å². The quantitative estimate of drug-likeness (QED) is 0.709. The molecule has 3 atom stereocenters. The van der Waals surface area contributed by atoms with Crippen LogP contribution in [0, 0.1) is 0 Å². The molecule has 0 aromatic heterocycles. The van der Waals surface area contributed by atoms with Crippen LogP contribution >= 0.6 is 0 Å². The Labute approximate surface area is 102 Å². The zero-order chi connectivity index (χ0) is 11.8. The van der Waals surface area contributed by atoms with Crippen molar-refractivity contribution in [3.05, 3.63) is 0 Å². The number of hydrogen-bond donors (Lipinski definition) is 1. The van der Waals surface area contributed by atoms with Crippen LogP contribution < -0.4 is 5.32 Å². The molecule has 3 nitrogen and oxygen atoms in total. The number of ether oxygens (including phenoxy) is 1. The van der Waals surface area contributed by atoms with Gasteiger partial charge in [0, 0.05) is 35.0 Å². The highest BCUT2D eigenvalue weighted by molar-refractivity contribution is 7.85. The van der Waals surface area contributed by atoms with Crippen LogP contribution in [0.15, 0.2) is 0 Å². The molecule has 4 heteroatoms. The van der Waals surface area contributed by atoms with E-state index >= 15 is 0 Å². The molecule has 1 rings (SSSR count). The molecule has 0 radical (unpaired) electrons. The summed E-state index contributed by atoms with van der Waals surface area (Å²) in [5.41, 5.74) is 0. The Kier molecular flexibility index (Phi) is 7.25. The van der Waals surface area contributed by atoms with E-state index in [2.05, 4.69) is 19.2 Å². The highest BCUT2D eigenvalue weighted by Crippen LogP contribution is 2.13. The summed E-state index contributed by atoms with van der Waals surface area (Å²) in [7, 11) is -0.683. The smallest absolute Gasteiger partial charge is 0.0691 e. The summed E-state index contributed by atoms with van der Waals surface area (Å²) >= 11 is 0. The van der Waals surface area contributed by atoms with Crippen molar-refractivity contribution in [3.63, 3.8) is 0 Å². The van der Waals surface area contributed by atoms with E-state index in [1.54, 1.807) is 0 Å². The van der Waals surface area contributed by atoms with Gasteiger partial charge in [0.15, 0.2) is 0 Å². The van der Waals surface area contributed by atoms with Gasteiger partial charge in [-0.3, -0.25) is 4.21 Å². The monoisotopic (exact) mass is 247 g/mol. The number of hydrogen-bond acceptors (Lipinski definition) is 3. The maximum Gasteiger partial charge on any atom is 0.0691 e. The topological polar surface area (TPSA) is 38.3 Å². The minimum Gasteiger partial charge on any atom is -0.377 e. The van der Waals surface area contributed by atoms with Gasteiger partial charge in [-0.15, -0.1) is 0 Å². The lowest BCUT2D eigenvalue weighted by Crippen LogP contribution is -2.26. The predicted molar refractivity (Wildman–Crippen MR) is 69.2 cm³/mol. The molecule has 1 N–H and O–H groups in total. The SMILES string of the molecule is CCNC(C)CCCS(=O)CC1CCCO1. The molecule has 0 spiro atoms. The van der Waals surface area contributed by atoms with Crippen LogP contribution in [0.3, 0.4) is 0 Å². The molecule has 0 saturated carbocycles. The van der Waals surface area contributed by atoms with Gasteiger partial charge in [0.1, 0.15) is 0 Å². The van der Waals surface area contributed by atoms with E-state index in [-0.39, 0.29) is 6.10 Å². The lowest BCUT2D eigenvalue weighted by molar-refractivity contribution is 0.128. The van der Waals surface area contributed by atoms with Crippen molar-refractivity contribution in [1.29, 1.82) is 0 Å². The fraction of sp³-hybridized carbons (Fsp3) is 1.00. The molecule has 1 saturated heterocycles. The molecule has 1 aliphatic rings. The minimum absolute atomic E-state index is 0.270. The molecule has 1 fully saturated rings. The Bertz CT molecular complexity index is 205. The maximum atomic E-state index is 11.7. The lowest BCUT2D eigenvalue weighted by atomic mass is 10.2. The third-order valence-electron chi connectivity index (χ3n) is 2.96. The van der Waals surface area contributed by atoms with E-state index in [0.29, 0.717) is 6.04 Å². The molecule has 16 heavy (non-hydrogen) atoms. The normalized spacial score (nSPS) is 24.5. The van der Waals surface area contributed by atoms with E-state index in [9.17, 15) is 4.21 Å². The van der Waals surface area contributed by atoms with Gasteiger partial charge < -0.3 is 10.1 Å². The third kappa shape index (κ3) is 5.97. The van der Waals surface area contributed by atoms with E-state index < -0.39 is 10.8 Å². The number of nitrogens with one attached hydrogen (secondary N) is 1. The van der Waals surface area contributed by atoms with Crippen molar-refractivity contribution < 1.29 is 8.95 Å². The molecule has 0 amide bonds. The standard InChI is InChI=1S/C12H25NO2S/c1-3-13-11(2)6-5-9-16(14)10-12-7-4-8-15-12/h11-13H,3-10H2,1-2H3. The lowest BCUT2D eigenvalue weighted by Gasteiger charge is -2.12. The van der Waals surface area contributed by atoms with Gasteiger partial charge >= 0.3 is 0 Å². The van der Waals surface area contributed by atoms with Crippen molar-refractivity contribution in [3.8, 4) is 0 Å². The van der Waals surface area contributed by atoms with E-state index in [1.807, 2.05) is 0 Å². The van der Waals surface area contributed by atoms with Gasteiger partial charge in [0.05, 0.1) is 6.10 Å². The fourth-order valence-electron chi connectivity index (χ4n) is 2.07. The van der Waals surface area contributed by atoms with Crippen LogP contribution in [0.5, 0.6) is 0 Å². The fourth-order valence-corrected chi connectivity index (χ4v) is 3.40. The Balaban J connectivity index is 2.01. The molecule has 1 heterocycles. The molecule has 1 aliphatic heterocycles. The zero-order valence-corrected chi connectivity index (χ0v) is 11.4. The molecular weight excluding hydrogens is 222 g/mol. The molecular formula is C12H25NO2S. The summed E-state index contributed by atoms with van der Waals surface area (Å²) in [6.07, 6.45) is 4.67. The largest absolute Gasteiger partial charge is 0.377 e. The summed E-state index contributed by atoms with van der Waals surface area (Å²) < 4.78 is 17.2. The molecule has 3 unspecified atom stereocenters. The van der Waals surface area contributed by atoms with Gasteiger partial charge in [-0.25, -0.2) is 0 Å². The maximum absolute atomic E-state index is 11.7. The Morgan fingerprint density at radius 2 is 2.38 bits per heavy atom. The van der Waals surface area contributed by atoms with Crippen LogP contribution in [0.1, 0.15) is 39.5 Å². The van der Waals surface area contributed by atoms with Crippen molar-refractivity contribution in [2.75, 3.05) is 24.7 Å². The van der Waals surface area contributed by atoms with Crippen molar-refractivity contribution >= 4 is 10.8 Å². The minimum atomic E-state index is -0.683. The van der Waals surface area contributed by atoms with Gasteiger partial charge in [0.25, 0.3) is 0 Å². The summed E-state index contributed by atoms with van der Waals surface area (Å²) in [5.74, 6) is 1.57. The van der Waals surface area contributed by atoms with Crippen LogP contribution in [0.2, 0.25) is 0 Å². The van der Waals surface area contributed by atoms with Crippen LogP contribution in [0.4, 0.5) is 0 Å². The second-order valence-electron chi connectivity index (χ2n) is 4.55.